The van der Waals surface area contributed by atoms with Gasteiger partial charge in [-0.3, -0.25) is 14.5 Å². The molecular weight excluding hydrogens is 344 g/mol. The molecule has 27 heavy (non-hydrogen) atoms. The minimum atomic E-state index is -0.394. The van der Waals surface area contributed by atoms with Crippen LogP contribution >= 0.6 is 0 Å². The first-order valence-electron chi connectivity index (χ1n) is 9.87. The van der Waals surface area contributed by atoms with Crippen molar-refractivity contribution in [3.8, 4) is 5.75 Å². The summed E-state index contributed by atoms with van der Waals surface area (Å²) in [5, 5.41) is 0. The molecule has 2 aliphatic rings. The number of nitrogens with zero attached hydrogens (tertiary/aromatic N) is 2. The number of ether oxygens (including phenoxy) is 2. The number of methoxy groups -OCH3 is 1. The molecule has 1 aromatic rings. The Kier molecular flexibility index (Phi) is 6.05. The van der Waals surface area contributed by atoms with Gasteiger partial charge in [0.25, 0.3) is 0 Å². The van der Waals surface area contributed by atoms with E-state index in [0.29, 0.717) is 13.2 Å². The summed E-state index contributed by atoms with van der Waals surface area (Å²) >= 11 is 0. The highest BCUT2D eigenvalue weighted by molar-refractivity contribution is 5.89. The molecule has 0 radical (unpaired) electrons. The maximum Gasteiger partial charge on any atom is 0.311 e. The van der Waals surface area contributed by atoms with E-state index in [0.717, 1.165) is 38.2 Å². The van der Waals surface area contributed by atoms with Crippen molar-refractivity contribution in [3.63, 3.8) is 0 Å². The van der Waals surface area contributed by atoms with Gasteiger partial charge < -0.3 is 14.4 Å². The lowest BCUT2D eigenvalue weighted by atomic mass is 9.76. The molecule has 1 amide bonds. The maximum atomic E-state index is 12.5. The molecule has 1 atom stereocenters. The van der Waals surface area contributed by atoms with Crippen molar-refractivity contribution in [2.24, 2.45) is 5.92 Å². The number of carbonyl (C=O) groups excluding carboxylic acids is 2. The molecule has 0 aromatic heterocycles. The first-order valence-corrected chi connectivity index (χ1v) is 9.87. The second-order valence-electron chi connectivity index (χ2n) is 7.34. The smallest absolute Gasteiger partial charge is 0.311 e. The first kappa shape index (κ1) is 19.7. The quantitative estimate of drug-likeness (QED) is 0.716. The third-order valence-corrected chi connectivity index (χ3v) is 6.06. The van der Waals surface area contributed by atoms with Crippen molar-refractivity contribution in [2.75, 3.05) is 33.4 Å². The van der Waals surface area contributed by atoms with Crippen LogP contribution in [0.15, 0.2) is 24.3 Å². The molecule has 2 heterocycles. The molecular formula is C21H30N2O4. The second-order valence-corrected chi connectivity index (χ2v) is 7.34. The number of likely N-dealkylation sites (tertiary alicyclic amines) is 2. The number of carbonyl (C=O) groups is 2. The van der Waals surface area contributed by atoms with Gasteiger partial charge in [-0.05, 0) is 32.8 Å². The minimum Gasteiger partial charge on any atom is -0.494 e. The van der Waals surface area contributed by atoms with E-state index in [1.165, 1.54) is 12.7 Å². The van der Waals surface area contributed by atoms with E-state index in [9.17, 15) is 9.59 Å². The number of para-hydroxylation sites is 1. The normalized spacial score (nSPS) is 22.3. The predicted octanol–water partition coefficient (Wildman–Crippen LogP) is 2.46. The Balaban J connectivity index is 1.73. The fraction of sp³-hybridized carbons (Fsp3) is 0.619. The number of benzene rings is 1. The Morgan fingerprint density at radius 3 is 2.56 bits per heavy atom. The topological polar surface area (TPSA) is 59.1 Å². The van der Waals surface area contributed by atoms with Gasteiger partial charge in [0, 0.05) is 38.2 Å². The van der Waals surface area contributed by atoms with Crippen molar-refractivity contribution < 1.29 is 19.1 Å². The van der Waals surface area contributed by atoms with E-state index in [2.05, 4.69) is 11.0 Å². The predicted molar refractivity (Wildman–Crippen MR) is 102 cm³/mol. The van der Waals surface area contributed by atoms with E-state index in [4.69, 9.17) is 9.47 Å². The summed E-state index contributed by atoms with van der Waals surface area (Å²) < 4.78 is 10.8. The monoisotopic (exact) mass is 374 g/mol. The largest absolute Gasteiger partial charge is 0.494 e. The summed E-state index contributed by atoms with van der Waals surface area (Å²) in [6, 6.07) is 8.13. The lowest BCUT2D eigenvalue weighted by Crippen LogP contribution is -2.57. The molecule has 6 heteroatoms. The second kappa shape index (κ2) is 8.30. The molecule has 1 unspecified atom stereocenters. The lowest BCUT2D eigenvalue weighted by Gasteiger charge is -2.47. The standard InChI is InChI=1S/C21H30N2O4/c1-4-23-19(24)14-17(20(25)26-3)21(23)10-12-22(13-11-21)15-16-8-6-7-9-18(16)27-5-2/h6-9,17H,4-5,10-15H2,1-3H3. The summed E-state index contributed by atoms with van der Waals surface area (Å²) in [5.74, 6) is 0.393. The van der Waals surface area contributed by atoms with Gasteiger partial charge in [0.15, 0.2) is 0 Å². The van der Waals surface area contributed by atoms with Crippen molar-refractivity contribution >= 4 is 11.9 Å². The third-order valence-electron chi connectivity index (χ3n) is 6.06. The van der Waals surface area contributed by atoms with E-state index in [-0.39, 0.29) is 24.2 Å². The van der Waals surface area contributed by atoms with Crippen LogP contribution in [-0.4, -0.2) is 60.6 Å². The maximum absolute atomic E-state index is 12.5. The van der Waals surface area contributed by atoms with Crippen LogP contribution in [0.2, 0.25) is 0 Å². The Labute approximate surface area is 161 Å². The molecule has 148 valence electrons. The summed E-state index contributed by atoms with van der Waals surface area (Å²) in [6.07, 6.45) is 1.86. The number of esters is 1. The van der Waals surface area contributed by atoms with Gasteiger partial charge in [-0.1, -0.05) is 18.2 Å². The van der Waals surface area contributed by atoms with Crippen LogP contribution in [0.25, 0.3) is 0 Å². The number of hydrogen-bond acceptors (Lipinski definition) is 5. The third kappa shape index (κ3) is 3.68. The molecule has 2 fully saturated rings. The number of hydrogen-bond donors (Lipinski definition) is 0. The summed E-state index contributed by atoms with van der Waals surface area (Å²) in [4.78, 5) is 29.1. The first-order chi connectivity index (χ1) is 13.1. The molecule has 1 spiro atoms. The Morgan fingerprint density at radius 2 is 1.93 bits per heavy atom. The highest BCUT2D eigenvalue weighted by Gasteiger charge is 2.56. The van der Waals surface area contributed by atoms with Gasteiger partial charge in [0.1, 0.15) is 5.75 Å². The number of rotatable bonds is 6. The van der Waals surface area contributed by atoms with Gasteiger partial charge in [-0.2, -0.15) is 0 Å². The van der Waals surface area contributed by atoms with Crippen molar-refractivity contribution in [1.82, 2.24) is 9.80 Å². The highest BCUT2D eigenvalue weighted by atomic mass is 16.5. The highest BCUT2D eigenvalue weighted by Crippen LogP contribution is 2.44. The fourth-order valence-corrected chi connectivity index (χ4v) is 4.74. The van der Waals surface area contributed by atoms with Crippen LogP contribution in [0.4, 0.5) is 0 Å². The molecule has 0 N–H and O–H groups in total. The molecule has 0 bridgehead atoms. The van der Waals surface area contributed by atoms with Crippen LogP contribution in [0, 0.1) is 5.92 Å². The van der Waals surface area contributed by atoms with Gasteiger partial charge >= 0.3 is 5.97 Å². The fourth-order valence-electron chi connectivity index (χ4n) is 4.74. The average molecular weight is 374 g/mol. The van der Waals surface area contributed by atoms with Crippen molar-refractivity contribution in [1.29, 1.82) is 0 Å². The van der Waals surface area contributed by atoms with E-state index in [1.807, 2.05) is 36.9 Å². The molecule has 2 aliphatic heterocycles. The Morgan fingerprint density at radius 1 is 1.22 bits per heavy atom. The number of piperidine rings is 1. The zero-order valence-electron chi connectivity index (χ0n) is 16.6. The van der Waals surface area contributed by atoms with Crippen LogP contribution in [0.5, 0.6) is 5.75 Å². The molecule has 2 saturated heterocycles. The van der Waals surface area contributed by atoms with E-state index in [1.54, 1.807) is 0 Å². The summed E-state index contributed by atoms with van der Waals surface area (Å²) in [5.41, 5.74) is 0.782. The number of amides is 1. The average Bonchev–Trinajstić information content (AvgIpc) is 2.96. The minimum absolute atomic E-state index is 0.0723. The van der Waals surface area contributed by atoms with Crippen LogP contribution in [0.1, 0.15) is 38.7 Å². The SMILES string of the molecule is CCOc1ccccc1CN1CCC2(CC1)C(C(=O)OC)CC(=O)N2CC. The van der Waals surface area contributed by atoms with Gasteiger partial charge in [0.2, 0.25) is 5.91 Å². The van der Waals surface area contributed by atoms with Crippen LogP contribution in [0.3, 0.4) is 0 Å². The Bertz CT molecular complexity index is 681. The zero-order chi connectivity index (χ0) is 19.4. The van der Waals surface area contributed by atoms with Gasteiger partial charge in [0.05, 0.1) is 25.2 Å². The van der Waals surface area contributed by atoms with Crippen molar-refractivity contribution in [2.45, 2.75) is 45.2 Å². The Hall–Kier alpha value is -2.08. The molecule has 0 saturated carbocycles. The van der Waals surface area contributed by atoms with E-state index < -0.39 is 5.54 Å². The lowest BCUT2D eigenvalue weighted by molar-refractivity contribution is -0.150. The summed E-state index contributed by atoms with van der Waals surface area (Å²) in [7, 11) is 1.41. The van der Waals surface area contributed by atoms with E-state index >= 15 is 0 Å². The molecule has 3 rings (SSSR count). The van der Waals surface area contributed by atoms with Crippen LogP contribution in [-0.2, 0) is 20.9 Å². The van der Waals surface area contributed by atoms with Crippen LogP contribution < -0.4 is 4.74 Å². The summed E-state index contributed by atoms with van der Waals surface area (Å²) in [6.45, 7) is 7.77. The molecule has 6 nitrogen and oxygen atoms in total. The van der Waals surface area contributed by atoms with Gasteiger partial charge in [-0.25, -0.2) is 0 Å². The van der Waals surface area contributed by atoms with Gasteiger partial charge in [-0.15, -0.1) is 0 Å². The zero-order valence-corrected chi connectivity index (χ0v) is 16.6. The molecule has 1 aromatic carbocycles. The molecule has 0 aliphatic carbocycles. The van der Waals surface area contributed by atoms with Crippen molar-refractivity contribution in [3.05, 3.63) is 29.8 Å².